The maximum absolute atomic E-state index is 12.3. The van der Waals surface area contributed by atoms with Gasteiger partial charge < -0.3 is 20.1 Å². The molecular weight excluding hydrogens is 402 g/mol. The van der Waals surface area contributed by atoms with Crippen molar-refractivity contribution in [3.8, 4) is 11.5 Å². The second-order valence-electron chi connectivity index (χ2n) is 5.99. The number of sulfone groups is 1. The molecule has 0 fully saturated rings. The SMILES string of the molecule is COc1cc(OC)cc(C(=O)NCCNc2ccc(S(C)(=O)=O)cc2[N+](=O)[O-])c1. The molecule has 10 nitrogen and oxygen atoms in total. The Hall–Kier alpha value is -3.34. The van der Waals surface area contributed by atoms with Crippen molar-refractivity contribution in [3.05, 3.63) is 52.1 Å². The Balaban J connectivity index is 2.02. The third-order valence-electron chi connectivity index (χ3n) is 3.93. The number of carbonyl (C=O) groups excluding carboxylic acids is 1. The Labute approximate surface area is 167 Å². The number of nitro benzene ring substituents is 1. The smallest absolute Gasteiger partial charge is 0.293 e. The average molecular weight is 423 g/mol. The fourth-order valence-electron chi connectivity index (χ4n) is 2.46. The summed E-state index contributed by atoms with van der Waals surface area (Å²) in [4.78, 5) is 22.7. The zero-order valence-electron chi connectivity index (χ0n) is 16.1. The molecule has 11 heteroatoms. The number of ether oxygens (including phenoxy) is 2. The molecule has 0 unspecified atom stereocenters. The summed E-state index contributed by atoms with van der Waals surface area (Å²) in [5.41, 5.74) is 0.126. The molecule has 1 amide bonds. The Kier molecular flexibility index (Phi) is 6.99. The van der Waals surface area contributed by atoms with Crippen LogP contribution in [0.4, 0.5) is 11.4 Å². The Morgan fingerprint density at radius 2 is 1.69 bits per heavy atom. The molecule has 29 heavy (non-hydrogen) atoms. The zero-order valence-corrected chi connectivity index (χ0v) is 16.9. The van der Waals surface area contributed by atoms with E-state index in [1.54, 1.807) is 18.2 Å². The molecule has 0 radical (unpaired) electrons. The number of hydrogen-bond acceptors (Lipinski definition) is 8. The topological polar surface area (TPSA) is 137 Å². The molecule has 2 aromatic rings. The molecule has 0 aromatic heterocycles. The van der Waals surface area contributed by atoms with Crippen LogP contribution in [-0.4, -0.2) is 52.8 Å². The van der Waals surface area contributed by atoms with Crippen molar-refractivity contribution < 1.29 is 27.6 Å². The van der Waals surface area contributed by atoms with Gasteiger partial charge in [0.2, 0.25) is 0 Å². The van der Waals surface area contributed by atoms with E-state index >= 15 is 0 Å². The van der Waals surface area contributed by atoms with Crippen molar-refractivity contribution in [2.45, 2.75) is 4.90 Å². The predicted molar refractivity (Wildman–Crippen MR) is 107 cm³/mol. The van der Waals surface area contributed by atoms with E-state index in [4.69, 9.17) is 9.47 Å². The third-order valence-corrected chi connectivity index (χ3v) is 5.04. The number of carbonyl (C=O) groups is 1. The van der Waals surface area contributed by atoms with E-state index in [0.29, 0.717) is 17.1 Å². The van der Waals surface area contributed by atoms with Gasteiger partial charge in [-0.2, -0.15) is 0 Å². The molecule has 0 saturated heterocycles. The van der Waals surface area contributed by atoms with Crippen molar-refractivity contribution in [1.82, 2.24) is 5.32 Å². The van der Waals surface area contributed by atoms with E-state index < -0.39 is 14.8 Å². The Morgan fingerprint density at radius 1 is 1.07 bits per heavy atom. The highest BCUT2D eigenvalue weighted by atomic mass is 32.2. The van der Waals surface area contributed by atoms with Gasteiger partial charge in [-0.15, -0.1) is 0 Å². The number of rotatable bonds is 9. The van der Waals surface area contributed by atoms with Gasteiger partial charge >= 0.3 is 0 Å². The summed E-state index contributed by atoms with van der Waals surface area (Å²) < 4.78 is 33.4. The third kappa shape index (κ3) is 5.82. The van der Waals surface area contributed by atoms with Crippen LogP contribution in [0, 0.1) is 10.1 Å². The van der Waals surface area contributed by atoms with Crippen molar-refractivity contribution in [3.63, 3.8) is 0 Å². The predicted octanol–water partition coefficient (Wildman–Crippen LogP) is 1.86. The molecule has 0 aliphatic rings. The second-order valence-corrected chi connectivity index (χ2v) is 8.01. The number of nitrogens with one attached hydrogen (secondary N) is 2. The Morgan fingerprint density at radius 3 is 2.21 bits per heavy atom. The highest BCUT2D eigenvalue weighted by molar-refractivity contribution is 7.90. The molecule has 2 aromatic carbocycles. The van der Waals surface area contributed by atoms with Crippen molar-refractivity contribution in [1.29, 1.82) is 0 Å². The molecule has 0 spiro atoms. The van der Waals surface area contributed by atoms with E-state index in [9.17, 15) is 23.3 Å². The van der Waals surface area contributed by atoms with E-state index in [0.717, 1.165) is 12.3 Å². The van der Waals surface area contributed by atoms with Crippen LogP contribution in [0.2, 0.25) is 0 Å². The van der Waals surface area contributed by atoms with Gasteiger partial charge in [0.05, 0.1) is 24.0 Å². The lowest BCUT2D eigenvalue weighted by molar-refractivity contribution is -0.384. The summed E-state index contributed by atoms with van der Waals surface area (Å²) in [5.74, 6) is 0.564. The van der Waals surface area contributed by atoms with E-state index in [2.05, 4.69) is 10.6 Å². The molecule has 0 bridgehead atoms. The zero-order chi connectivity index (χ0) is 21.6. The first kappa shape index (κ1) is 22.0. The molecule has 0 saturated carbocycles. The minimum atomic E-state index is -3.56. The number of nitrogens with zero attached hydrogens (tertiary/aromatic N) is 1. The van der Waals surface area contributed by atoms with Gasteiger partial charge in [-0.25, -0.2) is 8.42 Å². The normalized spacial score (nSPS) is 10.9. The maximum atomic E-state index is 12.3. The van der Waals surface area contributed by atoms with Crippen LogP contribution in [0.25, 0.3) is 0 Å². The highest BCUT2D eigenvalue weighted by Gasteiger charge is 2.18. The summed E-state index contributed by atoms with van der Waals surface area (Å²) in [5, 5.41) is 16.7. The number of hydrogen-bond donors (Lipinski definition) is 2. The molecule has 2 N–H and O–H groups in total. The second kappa shape index (κ2) is 9.24. The molecule has 0 aliphatic carbocycles. The highest BCUT2D eigenvalue weighted by Crippen LogP contribution is 2.27. The van der Waals surface area contributed by atoms with Gasteiger partial charge in [-0.1, -0.05) is 0 Å². The van der Waals surface area contributed by atoms with Crippen LogP contribution in [0.15, 0.2) is 41.3 Å². The van der Waals surface area contributed by atoms with Crippen molar-refractivity contribution >= 4 is 27.1 Å². The van der Waals surface area contributed by atoms with E-state index in [1.165, 1.54) is 26.4 Å². The van der Waals surface area contributed by atoms with Gasteiger partial charge in [0.15, 0.2) is 9.84 Å². The van der Waals surface area contributed by atoms with Gasteiger partial charge in [0.25, 0.3) is 11.6 Å². The van der Waals surface area contributed by atoms with Gasteiger partial charge in [-0.3, -0.25) is 14.9 Å². The van der Waals surface area contributed by atoms with Crippen LogP contribution < -0.4 is 20.1 Å². The maximum Gasteiger partial charge on any atom is 0.293 e. The molecule has 2 rings (SSSR count). The number of anilines is 1. The number of amides is 1. The largest absolute Gasteiger partial charge is 0.497 e. The summed E-state index contributed by atoms with van der Waals surface area (Å²) in [6.07, 6.45) is 0.974. The summed E-state index contributed by atoms with van der Waals surface area (Å²) in [7, 11) is -0.615. The lowest BCUT2D eigenvalue weighted by Gasteiger charge is -2.11. The van der Waals surface area contributed by atoms with Gasteiger partial charge in [0.1, 0.15) is 17.2 Å². The first-order chi connectivity index (χ1) is 13.7. The standard InChI is InChI=1S/C18H21N3O7S/c1-27-13-8-12(9-14(10-13)28-2)18(22)20-7-6-19-16-5-4-15(29(3,25)26)11-17(16)21(23)24/h4-5,8-11,19H,6-7H2,1-3H3,(H,20,22). The van der Waals surface area contributed by atoms with Crippen molar-refractivity contribution in [2.24, 2.45) is 0 Å². The van der Waals surface area contributed by atoms with Crippen molar-refractivity contribution in [2.75, 3.05) is 38.9 Å². The number of nitro groups is 1. The first-order valence-electron chi connectivity index (χ1n) is 8.39. The molecule has 0 aliphatic heterocycles. The number of benzene rings is 2. The molecule has 0 heterocycles. The van der Waals surface area contributed by atoms with Crippen LogP contribution in [0.1, 0.15) is 10.4 Å². The minimum Gasteiger partial charge on any atom is -0.497 e. The summed E-state index contributed by atoms with van der Waals surface area (Å²) >= 11 is 0. The molecular formula is C18H21N3O7S. The lowest BCUT2D eigenvalue weighted by Crippen LogP contribution is -2.28. The van der Waals surface area contributed by atoms with Gasteiger partial charge in [0, 0.05) is 37.0 Å². The Bertz CT molecular complexity index is 1000. The van der Waals surface area contributed by atoms with Crippen LogP contribution in [0.3, 0.4) is 0 Å². The van der Waals surface area contributed by atoms with E-state index in [-0.39, 0.29) is 35.3 Å². The van der Waals surface area contributed by atoms with Gasteiger partial charge in [-0.05, 0) is 24.3 Å². The van der Waals surface area contributed by atoms with Crippen LogP contribution in [0.5, 0.6) is 11.5 Å². The first-order valence-corrected chi connectivity index (χ1v) is 10.3. The fraction of sp³-hybridized carbons (Fsp3) is 0.278. The summed E-state index contributed by atoms with van der Waals surface area (Å²) in [6.45, 7) is 0.356. The van der Waals surface area contributed by atoms with E-state index in [1.807, 2.05) is 0 Å². The average Bonchev–Trinajstić information content (AvgIpc) is 2.69. The number of methoxy groups -OCH3 is 2. The van der Waals surface area contributed by atoms with Crippen LogP contribution >= 0.6 is 0 Å². The fourth-order valence-corrected chi connectivity index (χ4v) is 3.10. The molecule has 156 valence electrons. The summed E-state index contributed by atoms with van der Waals surface area (Å²) in [6, 6.07) is 8.35. The van der Waals surface area contributed by atoms with Crippen LogP contribution in [-0.2, 0) is 9.84 Å². The molecule has 0 atom stereocenters. The monoisotopic (exact) mass is 423 g/mol. The minimum absolute atomic E-state index is 0.143. The quantitative estimate of drug-likeness (QED) is 0.354. The lowest BCUT2D eigenvalue weighted by atomic mass is 10.2.